The minimum Gasteiger partial charge on any atom is -0.300 e. The Kier molecular flexibility index (Phi) is 6.52. The van der Waals surface area contributed by atoms with Crippen LogP contribution < -0.4 is 5.32 Å². The molecule has 2 aromatic heterocycles. The van der Waals surface area contributed by atoms with Crippen LogP contribution in [0.15, 0.2) is 67.0 Å². The number of Topliss-reactive ketones (excluding diaryl/α,β-unsaturated/α-hetero) is 1. The standard InChI is InChI=1S/C27H26FN5O2/c28-25-24(16-29-32-25)19-6-4-7-20(15-19)26(35)31-27-30-21(8-5-11-23(34)14-18-12-13-18)17-33(27)22-9-2-1-3-10-22/h1-4,6-7,9-10,15-18H,5,8,11-14H2,(H,29,32)(H,30,31,35). The Hall–Kier alpha value is -4.07. The first-order valence-corrected chi connectivity index (χ1v) is 11.8. The molecule has 1 saturated carbocycles. The van der Waals surface area contributed by atoms with Gasteiger partial charge in [-0.15, -0.1) is 0 Å². The van der Waals surface area contributed by atoms with Crippen molar-refractivity contribution in [2.75, 3.05) is 5.32 Å². The lowest BCUT2D eigenvalue weighted by atomic mass is 10.1. The van der Waals surface area contributed by atoms with Gasteiger partial charge in [-0.3, -0.25) is 24.6 Å². The zero-order valence-corrected chi connectivity index (χ0v) is 19.2. The van der Waals surface area contributed by atoms with E-state index in [2.05, 4.69) is 20.5 Å². The van der Waals surface area contributed by atoms with Crippen molar-refractivity contribution in [1.29, 1.82) is 0 Å². The Bertz CT molecular complexity index is 1340. The smallest absolute Gasteiger partial charge is 0.258 e. The Morgan fingerprint density at radius 3 is 2.69 bits per heavy atom. The molecule has 5 rings (SSSR count). The third-order valence-corrected chi connectivity index (χ3v) is 6.15. The van der Waals surface area contributed by atoms with Gasteiger partial charge in [0.1, 0.15) is 5.78 Å². The highest BCUT2D eigenvalue weighted by Gasteiger charge is 2.24. The molecule has 1 aliphatic carbocycles. The molecule has 8 heteroatoms. The normalized spacial score (nSPS) is 13.1. The van der Waals surface area contributed by atoms with Gasteiger partial charge >= 0.3 is 0 Å². The molecular weight excluding hydrogens is 445 g/mol. The molecular formula is C27H26FN5O2. The summed E-state index contributed by atoms with van der Waals surface area (Å²) < 4.78 is 15.8. The topological polar surface area (TPSA) is 92.7 Å². The number of nitrogens with zero attached hydrogens (tertiary/aromatic N) is 3. The summed E-state index contributed by atoms with van der Waals surface area (Å²) in [5.41, 5.74) is 2.88. The third-order valence-electron chi connectivity index (χ3n) is 6.15. The number of nitrogens with one attached hydrogen (secondary N) is 2. The molecule has 1 amide bonds. The van der Waals surface area contributed by atoms with Crippen molar-refractivity contribution in [3.05, 3.63) is 84.2 Å². The molecule has 178 valence electrons. The highest BCUT2D eigenvalue weighted by atomic mass is 19.1. The average molecular weight is 472 g/mol. The van der Waals surface area contributed by atoms with Crippen molar-refractivity contribution in [3.63, 3.8) is 0 Å². The predicted molar refractivity (Wildman–Crippen MR) is 131 cm³/mol. The second-order valence-corrected chi connectivity index (χ2v) is 8.93. The third kappa shape index (κ3) is 5.54. The van der Waals surface area contributed by atoms with Gasteiger partial charge in [-0.2, -0.15) is 9.49 Å². The minimum atomic E-state index is -0.553. The van der Waals surface area contributed by atoms with Crippen molar-refractivity contribution >= 4 is 17.6 Å². The van der Waals surface area contributed by atoms with Crippen LogP contribution in [0.25, 0.3) is 16.8 Å². The number of hydrogen-bond donors (Lipinski definition) is 2. The van der Waals surface area contributed by atoms with E-state index in [4.69, 9.17) is 0 Å². The zero-order valence-electron chi connectivity index (χ0n) is 19.2. The van der Waals surface area contributed by atoms with Gasteiger partial charge in [-0.05, 0) is 61.4 Å². The first-order valence-electron chi connectivity index (χ1n) is 11.8. The van der Waals surface area contributed by atoms with Crippen LogP contribution in [0.4, 0.5) is 10.3 Å². The maximum absolute atomic E-state index is 13.9. The number of benzene rings is 2. The Balaban J connectivity index is 1.33. The fourth-order valence-electron chi connectivity index (χ4n) is 4.11. The number of aryl methyl sites for hydroxylation is 1. The van der Waals surface area contributed by atoms with Crippen LogP contribution >= 0.6 is 0 Å². The van der Waals surface area contributed by atoms with E-state index in [9.17, 15) is 14.0 Å². The van der Waals surface area contributed by atoms with Crippen LogP contribution in [0.2, 0.25) is 0 Å². The summed E-state index contributed by atoms with van der Waals surface area (Å²) in [4.78, 5) is 29.9. The number of halogens is 1. The van der Waals surface area contributed by atoms with E-state index in [0.29, 0.717) is 53.6 Å². The molecule has 0 atom stereocenters. The molecule has 2 aromatic carbocycles. The molecule has 0 spiro atoms. The summed E-state index contributed by atoms with van der Waals surface area (Å²) in [6, 6.07) is 16.3. The minimum absolute atomic E-state index is 0.295. The first-order chi connectivity index (χ1) is 17.1. The second-order valence-electron chi connectivity index (χ2n) is 8.93. The molecule has 2 N–H and O–H groups in total. The average Bonchev–Trinajstić information content (AvgIpc) is 3.43. The number of amides is 1. The summed E-state index contributed by atoms with van der Waals surface area (Å²) in [6.07, 6.45) is 8.25. The van der Waals surface area contributed by atoms with Crippen molar-refractivity contribution in [2.45, 2.75) is 38.5 Å². The van der Waals surface area contributed by atoms with E-state index in [1.807, 2.05) is 41.1 Å². The van der Waals surface area contributed by atoms with Crippen molar-refractivity contribution in [1.82, 2.24) is 19.7 Å². The van der Waals surface area contributed by atoms with Gasteiger partial charge < -0.3 is 0 Å². The van der Waals surface area contributed by atoms with Gasteiger partial charge in [0, 0.05) is 30.3 Å². The van der Waals surface area contributed by atoms with E-state index < -0.39 is 5.95 Å². The van der Waals surface area contributed by atoms with Gasteiger partial charge in [0.15, 0.2) is 0 Å². The van der Waals surface area contributed by atoms with Gasteiger partial charge in [0.25, 0.3) is 5.91 Å². The maximum Gasteiger partial charge on any atom is 0.258 e. The number of rotatable bonds is 10. The molecule has 0 bridgehead atoms. The van der Waals surface area contributed by atoms with Crippen LogP contribution in [0, 0.1) is 11.9 Å². The molecule has 0 aliphatic heterocycles. The molecule has 4 aromatic rings. The van der Waals surface area contributed by atoms with E-state index in [-0.39, 0.29) is 5.91 Å². The Morgan fingerprint density at radius 1 is 1.11 bits per heavy atom. The number of anilines is 1. The van der Waals surface area contributed by atoms with Gasteiger partial charge in [-0.1, -0.05) is 30.3 Å². The predicted octanol–water partition coefficient (Wildman–Crippen LogP) is 5.35. The second kappa shape index (κ2) is 10.0. The quantitative estimate of drug-likeness (QED) is 0.326. The zero-order chi connectivity index (χ0) is 24.2. The lowest BCUT2D eigenvalue weighted by Crippen LogP contribution is -2.15. The number of aromatic nitrogens is 4. The lowest BCUT2D eigenvalue weighted by molar-refractivity contribution is -0.119. The van der Waals surface area contributed by atoms with E-state index >= 15 is 0 Å². The lowest BCUT2D eigenvalue weighted by Gasteiger charge is -2.09. The summed E-state index contributed by atoms with van der Waals surface area (Å²) in [6.45, 7) is 0. The first kappa shape index (κ1) is 22.7. The molecule has 0 unspecified atom stereocenters. The Labute approximate surface area is 202 Å². The summed E-state index contributed by atoms with van der Waals surface area (Å²) >= 11 is 0. The fraction of sp³-hybridized carbons (Fsp3) is 0.259. The molecule has 7 nitrogen and oxygen atoms in total. The Morgan fingerprint density at radius 2 is 1.94 bits per heavy atom. The monoisotopic (exact) mass is 471 g/mol. The van der Waals surface area contributed by atoms with Crippen molar-refractivity contribution in [2.24, 2.45) is 5.92 Å². The number of ketones is 1. The molecule has 1 fully saturated rings. The van der Waals surface area contributed by atoms with Crippen LogP contribution in [0.5, 0.6) is 0 Å². The van der Waals surface area contributed by atoms with Gasteiger partial charge in [-0.25, -0.2) is 4.98 Å². The van der Waals surface area contributed by atoms with E-state index in [0.717, 1.165) is 17.8 Å². The molecule has 2 heterocycles. The SMILES string of the molecule is O=C(CCCc1cn(-c2ccccc2)c(NC(=O)c2cccc(-c3cn[nH]c3F)c2)n1)CC1CC1. The maximum atomic E-state index is 13.9. The number of imidazole rings is 1. The number of hydrogen-bond acceptors (Lipinski definition) is 4. The number of H-pyrrole nitrogens is 1. The number of carbonyl (C=O) groups excluding carboxylic acids is 2. The van der Waals surface area contributed by atoms with E-state index in [1.54, 1.807) is 24.3 Å². The number of para-hydroxylation sites is 1. The van der Waals surface area contributed by atoms with Crippen molar-refractivity contribution in [3.8, 4) is 16.8 Å². The molecule has 0 saturated heterocycles. The largest absolute Gasteiger partial charge is 0.300 e. The highest BCUT2D eigenvalue weighted by Crippen LogP contribution is 2.33. The molecule has 0 radical (unpaired) electrons. The molecule has 35 heavy (non-hydrogen) atoms. The summed E-state index contributed by atoms with van der Waals surface area (Å²) in [5.74, 6) is 0.398. The molecule has 1 aliphatic rings. The van der Waals surface area contributed by atoms with Gasteiger partial charge in [0.05, 0.1) is 17.5 Å². The van der Waals surface area contributed by atoms with Crippen LogP contribution in [0.1, 0.15) is 48.2 Å². The van der Waals surface area contributed by atoms with E-state index in [1.165, 1.54) is 19.0 Å². The van der Waals surface area contributed by atoms with Crippen molar-refractivity contribution < 1.29 is 14.0 Å². The summed E-state index contributed by atoms with van der Waals surface area (Å²) in [7, 11) is 0. The van der Waals surface area contributed by atoms with Gasteiger partial charge in [0.2, 0.25) is 11.9 Å². The van der Waals surface area contributed by atoms with Crippen LogP contribution in [-0.4, -0.2) is 31.4 Å². The summed E-state index contributed by atoms with van der Waals surface area (Å²) in [5, 5.41) is 8.87. The van der Waals surface area contributed by atoms with Crippen LogP contribution in [0.3, 0.4) is 0 Å². The van der Waals surface area contributed by atoms with Crippen LogP contribution in [-0.2, 0) is 11.2 Å². The number of aromatic amines is 1. The highest BCUT2D eigenvalue weighted by molar-refractivity contribution is 6.04. The number of carbonyl (C=O) groups is 2. The fourth-order valence-corrected chi connectivity index (χ4v) is 4.11.